The molecule has 1 aliphatic rings. The Morgan fingerprint density at radius 2 is 1.80 bits per heavy atom. The first-order valence-electron chi connectivity index (χ1n) is 7.89. The van der Waals surface area contributed by atoms with Crippen molar-refractivity contribution in [2.45, 2.75) is 19.0 Å². The van der Waals surface area contributed by atoms with Crippen molar-refractivity contribution in [1.29, 1.82) is 0 Å². The summed E-state index contributed by atoms with van der Waals surface area (Å²) in [5.74, 6) is 0.709. The van der Waals surface area contributed by atoms with Crippen molar-refractivity contribution in [3.8, 4) is 5.75 Å². The van der Waals surface area contributed by atoms with E-state index in [0.717, 1.165) is 23.6 Å². The molecule has 2 aromatic heterocycles. The van der Waals surface area contributed by atoms with Crippen LogP contribution in [0, 0.1) is 0 Å². The van der Waals surface area contributed by atoms with Crippen LogP contribution >= 0.6 is 0 Å². The maximum atomic E-state index is 12.9. The van der Waals surface area contributed by atoms with Crippen molar-refractivity contribution in [3.63, 3.8) is 0 Å². The predicted molar refractivity (Wildman–Crippen MR) is 85.7 cm³/mol. The number of halogens is 3. The van der Waals surface area contributed by atoms with E-state index in [2.05, 4.69) is 10.1 Å². The first-order valence-corrected chi connectivity index (χ1v) is 7.89. The predicted octanol–water partition coefficient (Wildman–Crippen LogP) is 3.06. The van der Waals surface area contributed by atoms with E-state index in [0.29, 0.717) is 30.8 Å². The molecule has 0 spiro atoms. The number of fused-ring (bicyclic) bond motifs is 2. The van der Waals surface area contributed by atoms with Gasteiger partial charge in [0, 0.05) is 31.5 Å². The van der Waals surface area contributed by atoms with Gasteiger partial charge in [-0.3, -0.25) is 0 Å². The van der Waals surface area contributed by atoms with E-state index >= 15 is 0 Å². The van der Waals surface area contributed by atoms with Crippen molar-refractivity contribution in [2.75, 3.05) is 18.0 Å². The molecule has 3 heterocycles. The highest BCUT2D eigenvalue weighted by Crippen LogP contribution is 2.31. The Morgan fingerprint density at radius 3 is 2.56 bits per heavy atom. The highest BCUT2D eigenvalue weighted by atomic mass is 19.4. The molecule has 25 heavy (non-hydrogen) atoms. The summed E-state index contributed by atoms with van der Waals surface area (Å²) < 4.78 is 40.1. The van der Waals surface area contributed by atoms with Gasteiger partial charge in [-0.25, -0.2) is 9.50 Å². The monoisotopic (exact) mass is 348 g/mol. The van der Waals surface area contributed by atoms with Crippen LogP contribution in [-0.2, 0) is 19.0 Å². The standard InChI is InChI=1S/C17H15F3N4O/c18-17(19,20)15-10-14-16(21-5-8-24(14)22-15)23-6-3-11-1-2-13(25)9-12(11)4-7-23/h1-2,5,8-10,25H,3-4,6-7H2. The van der Waals surface area contributed by atoms with Crippen LogP contribution in [0.1, 0.15) is 16.8 Å². The Hall–Kier alpha value is -2.77. The van der Waals surface area contributed by atoms with Gasteiger partial charge in [-0.15, -0.1) is 0 Å². The Morgan fingerprint density at radius 1 is 1.04 bits per heavy atom. The number of phenols is 1. The van der Waals surface area contributed by atoms with Gasteiger partial charge < -0.3 is 10.0 Å². The Balaban J connectivity index is 1.69. The van der Waals surface area contributed by atoms with Gasteiger partial charge in [0.1, 0.15) is 11.3 Å². The summed E-state index contributed by atoms with van der Waals surface area (Å²) in [6.45, 7) is 1.24. The van der Waals surface area contributed by atoms with Gasteiger partial charge in [-0.2, -0.15) is 18.3 Å². The van der Waals surface area contributed by atoms with Gasteiger partial charge in [0.25, 0.3) is 0 Å². The second kappa shape index (κ2) is 5.65. The third kappa shape index (κ3) is 2.88. The second-order valence-corrected chi connectivity index (χ2v) is 6.05. The molecule has 0 fully saturated rings. The summed E-state index contributed by atoms with van der Waals surface area (Å²) in [5.41, 5.74) is 1.60. The van der Waals surface area contributed by atoms with E-state index < -0.39 is 11.9 Å². The molecule has 0 saturated heterocycles. The fraction of sp³-hybridized carbons (Fsp3) is 0.294. The van der Waals surface area contributed by atoms with E-state index in [4.69, 9.17) is 0 Å². The SMILES string of the molecule is Oc1ccc2c(c1)CCN(c1nccn3nc(C(F)(F)F)cc13)CC2. The molecule has 3 aromatic rings. The normalized spacial score (nSPS) is 15.2. The lowest BCUT2D eigenvalue weighted by atomic mass is 10.0. The average Bonchev–Trinajstić information content (AvgIpc) is 2.91. The maximum absolute atomic E-state index is 12.9. The highest BCUT2D eigenvalue weighted by molar-refractivity contribution is 5.69. The van der Waals surface area contributed by atoms with Crippen LogP contribution in [0.3, 0.4) is 0 Å². The number of aromatic hydroxyl groups is 1. The van der Waals surface area contributed by atoms with Crippen molar-refractivity contribution in [2.24, 2.45) is 0 Å². The molecular weight excluding hydrogens is 333 g/mol. The van der Waals surface area contributed by atoms with Crippen molar-refractivity contribution >= 4 is 11.3 Å². The van der Waals surface area contributed by atoms with Gasteiger partial charge in [0.15, 0.2) is 11.5 Å². The summed E-state index contributed by atoms with van der Waals surface area (Å²) in [6.07, 6.45) is -0.195. The zero-order valence-electron chi connectivity index (χ0n) is 13.2. The number of alkyl halides is 3. The van der Waals surface area contributed by atoms with Gasteiger partial charge >= 0.3 is 6.18 Å². The van der Waals surface area contributed by atoms with Crippen molar-refractivity contribution < 1.29 is 18.3 Å². The third-order valence-corrected chi connectivity index (χ3v) is 4.45. The van der Waals surface area contributed by atoms with Crippen LogP contribution in [0.25, 0.3) is 5.52 Å². The van der Waals surface area contributed by atoms with Crippen LogP contribution in [0.15, 0.2) is 36.7 Å². The summed E-state index contributed by atoms with van der Waals surface area (Å²) >= 11 is 0. The van der Waals surface area contributed by atoms with Gasteiger partial charge in [-0.1, -0.05) is 6.07 Å². The average molecular weight is 348 g/mol. The number of aromatic nitrogens is 3. The zero-order chi connectivity index (χ0) is 17.6. The molecule has 0 unspecified atom stereocenters. The van der Waals surface area contributed by atoms with E-state index in [1.165, 1.54) is 16.9 Å². The van der Waals surface area contributed by atoms with Crippen molar-refractivity contribution in [3.05, 3.63) is 53.5 Å². The fourth-order valence-electron chi connectivity index (χ4n) is 3.21. The van der Waals surface area contributed by atoms with Crippen molar-refractivity contribution in [1.82, 2.24) is 14.6 Å². The number of benzene rings is 1. The van der Waals surface area contributed by atoms with Crippen LogP contribution in [-0.4, -0.2) is 32.8 Å². The molecule has 0 atom stereocenters. The minimum Gasteiger partial charge on any atom is -0.508 e. The third-order valence-electron chi connectivity index (χ3n) is 4.45. The second-order valence-electron chi connectivity index (χ2n) is 6.05. The minimum absolute atomic E-state index is 0.220. The smallest absolute Gasteiger partial charge is 0.435 e. The van der Waals surface area contributed by atoms with Crippen LogP contribution < -0.4 is 4.90 Å². The molecule has 0 aliphatic carbocycles. The maximum Gasteiger partial charge on any atom is 0.435 e. The minimum atomic E-state index is -4.49. The van der Waals surface area contributed by atoms with E-state index in [1.807, 2.05) is 11.0 Å². The molecular formula is C17H15F3N4O. The number of anilines is 1. The molecule has 1 aromatic carbocycles. The summed E-state index contributed by atoms with van der Waals surface area (Å²) in [4.78, 5) is 6.26. The first-order chi connectivity index (χ1) is 11.9. The molecule has 0 saturated carbocycles. The molecule has 0 radical (unpaired) electrons. The summed E-state index contributed by atoms with van der Waals surface area (Å²) in [6, 6.07) is 6.32. The quantitative estimate of drug-likeness (QED) is 0.734. The van der Waals surface area contributed by atoms with Gasteiger partial charge in [0.2, 0.25) is 0 Å². The van der Waals surface area contributed by atoms with Crippen LogP contribution in [0.4, 0.5) is 19.0 Å². The molecule has 130 valence electrons. The van der Waals surface area contributed by atoms with E-state index in [9.17, 15) is 18.3 Å². The summed E-state index contributed by atoms with van der Waals surface area (Å²) in [7, 11) is 0. The Labute approximate surface area is 141 Å². The fourth-order valence-corrected chi connectivity index (χ4v) is 3.21. The first kappa shape index (κ1) is 15.7. The molecule has 8 heteroatoms. The lowest BCUT2D eigenvalue weighted by Gasteiger charge is -2.21. The summed E-state index contributed by atoms with van der Waals surface area (Å²) in [5, 5.41) is 13.2. The van der Waals surface area contributed by atoms with Gasteiger partial charge in [0.05, 0.1) is 0 Å². The Bertz CT molecular complexity index is 935. The topological polar surface area (TPSA) is 53.7 Å². The zero-order valence-corrected chi connectivity index (χ0v) is 13.2. The molecule has 1 N–H and O–H groups in total. The lowest BCUT2D eigenvalue weighted by Crippen LogP contribution is -2.27. The van der Waals surface area contributed by atoms with Gasteiger partial charge in [-0.05, 0) is 36.1 Å². The lowest BCUT2D eigenvalue weighted by molar-refractivity contribution is -0.141. The number of hydrogen-bond donors (Lipinski definition) is 1. The highest BCUT2D eigenvalue weighted by Gasteiger charge is 2.34. The largest absolute Gasteiger partial charge is 0.508 e. The number of phenolic OH excluding ortho intramolecular Hbond substituents is 1. The molecule has 0 amide bonds. The molecule has 1 aliphatic heterocycles. The van der Waals surface area contributed by atoms with Crippen LogP contribution in [0.2, 0.25) is 0 Å². The Kier molecular flexibility index (Phi) is 3.55. The molecule has 0 bridgehead atoms. The van der Waals surface area contributed by atoms with E-state index in [1.54, 1.807) is 12.1 Å². The van der Waals surface area contributed by atoms with E-state index in [-0.39, 0.29) is 5.75 Å². The number of rotatable bonds is 1. The van der Waals surface area contributed by atoms with Crippen LogP contribution in [0.5, 0.6) is 5.75 Å². The number of nitrogens with zero attached hydrogens (tertiary/aromatic N) is 4. The molecule has 4 rings (SSSR count). The molecule has 5 nitrogen and oxygen atoms in total. The number of hydrogen-bond acceptors (Lipinski definition) is 4.